The van der Waals surface area contributed by atoms with E-state index in [9.17, 15) is 0 Å². The van der Waals surface area contributed by atoms with Crippen molar-refractivity contribution in [1.29, 1.82) is 0 Å². The maximum Gasteiger partial charge on any atom is 0.0233 e. The van der Waals surface area contributed by atoms with Gasteiger partial charge in [-0.25, -0.2) is 0 Å². The maximum atomic E-state index is 4.61. The van der Waals surface area contributed by atoms with E-state index >= 15 is 0 Å². The molecule has 0 heterocycles. The van der Waals surface area contributed by atoms with Crippen LogP contribution in [0.25, 0.3) is 0 Å². The van der Waals surface area contributed by atoms with Gasteiger partial charge in [-0.2, -0.15) is 12.6 Å². The van der Waals surface area contributed by atoms with Gasteiger partial charge in [-0.15, -0.1) is 0 Å². The van der Waals surface area contributed by atoms with Crippen molar-refractivity contribution < 1.29 is 0 Å². The van der Waals surface area contributed by atoms with E-state index in [0.29, 0.717) is 5.41 Å². The summed E-state index contributed by atoms with van der Waals surface area (Å²) in [5.41, 5.74) is 1.90. The minimum Gasteiger partial charge on any atom is -0.299 e. The van der Waals surface area contributed by atoms with Crippen molar-refractivity contribution in [3.63, 3.8) is 0 Å². The van der Waals surface area contributed by atoms with E-state index in [0.717, 1.165) is 18.8 Å². The number of rotatable bonds is 6. The Morgan fingerprint density at radius 2 is 1.83 bits per heavy atom. The van der Waals surface area contributed by atoms with E-state index < -0.39 is 0 Å². The summed E-state index contributed by atoms with van der Waals surface area (Å²) < 4.78 is 0. The number of hydrogen-bond acceptors (Lipinski definition) is 2. The Morgan fingerprint density at radius 3 is 2.39 bits per heavy atom. The lowest BCUT2D eigenvalue weighted by molar-refractivity contribution is 0.171. The van der Waals surface area contributed by atoms with Crippen molar-refractivity contribution in [3.05, 3.63) is 35.9 Å². The molecule has 0 N–H and O–H groups in total. The van der Waals surface area contributed by atoms with Gasteiger partial charge < -0.3 is 0 Å². The highest BCUT2D eigenvalue weighted by Crippen LogP contribution is 2.39. The van der Waals surface area contributed by atoms with Crippen LogP contribution in [0.3, 0.4) is 0 Å². The molecule has 100 valence electrons. The Kier molecular flexibility index (Phi) is 5.13. The molecule has 0 amide bonds. The lowest BCUT2D eigenvalue weighted by atomic mass is 9.87. The third-order valence-corrected chi connectivity index (χ3v) is 4.93. The van der Waals surface area contributed by atoms with Crippen LogP contribution in [0.5, 0.6) is 0 Å². The molecule has 0 unspecified atom stereocenters. The van der Waals surface area contributed by atoms with Gasteiger partial charge in [0.05, 0.1) is 0 Å². The highest BCUT2D eigenvalue weighted by molar-refractivity contribution is 7.80. The first-order valence-electron chi connectivity index (χ1n) is 7.15. The summed E-state index contributed by atoms with van der Waals surface area (Å²) in [4.78, 5) is 2.58. The van der Waals surface area contributed by atoms with Crippen LogP contribution in [0.2, 0.25) is 0 Å². The van der Waals surface area contributed by atoms with E-state index in [1.165, 1.54) is 37.8 Å². The topological polar surface area (TPSA) is 3.24 Å². The molecule has 0 radical (unpaired) electrons. The lowest BCUT2D eigenvalue weighted by Crippen LogP contribution is -2.37. The van der Waals surface area contributed by atoms with Gasteiger partial charge in [0.15, 0.2) is 0 Å². The zero-order chi connectivity index (χ0) is 12.8. The summed E-state index contributed by atoms with van der Waals surface area (Å²) >= 11 is 4.61. The highest BCUT2D eigenvalue weighted by Gasteiger charge is 2.33. The SMILES string of the molecule is CCN(Cc1ccccc1)CC1(CS)CCCC1. The van der Waals surface area contributed by atoms with Gasteiger partial charge in [-0.1, -0.05) is 50.1 Å². The zero-order valence-electron chi connectivity index (χ0n) is 11.4. The number of thiol groups is 1. The molecule has 0 atom stereocenters. The van der Waals surface area contributed by atoms with Crippen LogP contribution in [-0.4, -0.2) is 23.7 Å². The van der Waals surface area contributed by atoms with E-state index in [2.05, 4.69) is 54.8 Å². The Bertz CT molecular complexity index is 343. The number of hydrogen-bond donors (Lipinski definition) is 1. The van der Waals surface area contributed by atoms with E-state index in [1.54, 1.807) is 0 Å². The summed E-state index contributed by atoms with van der Waals surface area (Å²) in [5.74, 6) is 1.04. The smallest absolute Gasteiger partial charge is 0.0233 e. The first-order valence-corrected chi connectivity index (χ1v) is 7.78. The Labute approximate surface area is 117 Å². The van der Waals surface area contributed by atoms with Crippen LogP contribution in [0.4, 0.5) is 0 Å². The monoisotopic (exact) mass is 263 g/mol. The van der Waals surface area contributed by atoms with Crippen LogP contribution >= 0.6 is 12.6 Å². The van der Waals surface area contributed by atoms with Crippen molar-refractivity contribution in [3.8, 4) is 0 Å². The average molecular weight is 263 g/mol. The molecule has 1 aromatic carbocycles. The standard InChI is InChI=1S/C16H25NS/c1-2-17(12-15-8-4-3-5-9-15)13-16(14-18)10-6-7-11-16/h3-5,8-9,18H,2,6-7,10-14H2,1H3. The van der Waals surface area contributed by atoms with Crippen molar-refractivity contribution in [1.82, 2.24) is 4.90 Å². The molecule has 1 aliphatic rings. The van der Waals surface area contributed by atoms with Crippen LogP contribution in [0.15, 0.2) is 30.3 Å². The van der Waals surface area contributed by atoms with Crippen LogP contribution in [0.1, 0.15) is 38.2 Å². The maximum absolute atomic E-state index is 4.61. The average Bonchev–Trinajstić information content (AvgIpc) is 2.88. The predicted octanol–water partition coefficient (Wildman–Crippen LogP) is 4.00. The number of benzene rings is 1. The number of nitrogens with zero attached hydrogens (tertiary/aromatic N) is 1. The molecule has 0 saturated heterocycles. The molecule has 1 aromatic rings. The van der Waals surface area contributed by atoms with Crippen LogP contribution < -0.4 is 0 Å². The third-order valence-electron chi connectivity index (χ3n) is 4.25. The lowest BCUT2D eigenvalue weighted by Gasteiger charge is -2.34. The molecule has 1 nitrogen and oxygen atoms in total. The largest absolute Gasteiger partial charge is 0.299 e. The highest BCUT2D eigenvalue weighted by atomic mass is 32.1. The molecule has 0 aromatic heterocycles. The molecular weight excluding hydrogens is 238 g/mol. The van der Waals surface area contributed by atoms with Gasteiger partial charge in [0, 0.05) is 13.1 Å². The second-order valence-electron chi connectivity index (χ2n) is 5.65. The molecule has 18 heavy (non-hydrogen) atoms. The quantitative estimate of drug-likeness (QED) is 0.759. The van der Waals surface area contributed by atoms with Gasteiger partial charge in [-0.3, -0.25) is 4.90 Å². The van der Waals surface area contributed by atoms with Gasteiger partial charge in [-0.05, 0) is 36.1 Å². The second-order valence-corrected chi connectivity index (χ2v) is 5.97. The minimum atomic E-state index is 0.480. The van der Waals surface area contributed by atoms with Crippen molar-refractivity contribution in [2.45, 2.75) is 39.2 Å². The van der Waals surface area contributed by atoms with Crippen molar-refractivity contribution in [2.24, 2.45) is 5.41 Å². The Morgan fingerprint density at radius 1 is 1.17 bits per heavy atom. The van der Waals surface area contributed by atoms with Gasteiger partial charge in [0.2, 0.25) is 0 Å². The molecule has 1 saturated carbocycles. The fourth-order valence-corrected chi connectivity index (χ4v) is 3.50. The molecule has 0 spiro atoms. The summed E-state index contributed by atoms with van der Waals surface area (Å²) in [6, 6.07) is 10.8. The van der Waals surface area contributed by atoms with Crippen molar-refractivity contribution in [2.75, 3.05) is 18.8 Å². The van der Waals surface area contributed by atoms with E-state index in [-0.39, 0.29) is 0 Å². The van der Waals surface area contributed by atoms with Gasteiger partial charge in [0.1, 0.15) is 0 Å². The predicted molar refractivity (Wildman–Crippen MR) is 82.1 cm³/mol. The van der Waals surface area contributed by atoms with Crippen LogP contribution in [-0.2, 0) is 6.54 Å². The summed E-state index contributed by atoms with van der Waals surface area (Å²) in [6.45, 7) is 5.68. The fourth-order valence-electron chi connectivity index (χ4n) is 3.09. The van der Waals surface area contributed by atoms with Crippen LogP contribution in [0, 0.1) is 5.41 Å². The molecule has 2 rings (SSSR count). The summed E-state index contributed by atoms with van der Waals surface area (Å²) in [5, 5.41) is 0. The van der Waals surface area contributed by atoms with Crippen molar-refractivity contribution >= 4 is 12.6 Å². The Hall–Kier alpha value is -0.470. The first kappa shape index (κ1) is 14.0. The zero-order valence-corrected chi connectivity index (χ0v) is 12.3. The fraction of sp³-hybridized carbons (Fsp3) is 0.625. The third kappa shape index (κ3) is 3.52. The van der Waals surface area contributed by atoms with Gasteiger partial charge in [0.25, 0.3) is 0 Å². The molecule has 0 bridgehead atoms. The first-order chi connectivity index (χ1) is 8.78. The normalized spacial score (nSPS) is 18.4. The molecule has 0 aliphatic heterocycles. The second kappa shape index (κ2) is 6.63. The van der Waals surface area contributed by atoms with E-state index in [1.807, 2.05) is 0 Å². The van der Waals surface area contributed by atoms with E-state index in [4.69, 9.17) is 0 Å². The molecule has 1 aliphatic carbocycles. The molecule has 1 fully saturated rings. The molecular formula is C16H25NS. The van der Waals surface area contributed by atoms with Gasteiger partial charge >= 0.3 is 0 Å². The molecule has 2 heteroatoms. The summed E-state index contributed by atoms with van der Waals surface area (Å²) in [6.07, 6.45) is 5.51. The Balaban J connectivity index is 1.96. The minimum absolute atomic E-state index is 0.480. The summed E-state index contributed by atoms with van der Waals surface area (Å²) in [7, 11) is 0.